The van der Waals surface area contributed by atoms with E-state index in [-0.39, 0.29) is 18.4 Å². The van der Waals surface area contributed by atoms with Gasteiger partial charge in [-0.1, -0.05) is 0 Å². The van der Waals surface area contributed by atoms with Gasteiger partial charge in [0.15, 0.2) is 11.5 Å². The van der Waals surface area contributed by atoms with Gasteiger partial charge in [0.05, 0.1) is 25.3 Å². The predicted molar refractivity (Wildman–Crippen MR) is 75.9 cm³/mol. The first-order valence-corrected chi connectivity index (χ1v) is 6.25. The molecule has 2 aromatic rings. The van der Waals surface area contributed by atoms with Gasteiger partial charge in [-0.25, -0.2) is 4.98 Å². The van der Waals surface area contributed by atoms with E-state index < -0.39 is 0 Å². The molecule has 0 atom stereocenters. The van der Waals surface area contributed by atoms with Gasteiger partial charge in [0.1, 0.15) is 6.54 Å². The van der Waals surface area contributed by atoms with E-state index in [1.165, 1.54) is 0 Å². The Hall–Kier alpha value is -2.44. The van der Waals surface area contributed by atoms with Crippen LogP contribution < -0.4 is 20.5 Å². The van der Waals surface area contributed by atoms with Crippen molar-refractivity contribution >= 4 is 22.9 Å². The summed E-state index contributed by atoms with van der Waals surface area (Å²) in [6.07, 6.45) is 0. The van der Waals surface area contributed by atoms with Gasteiger partial charge >= 0.3 is 0 Å². The molecule has 2 rings (SSSR count). The smallest absolute Gasteiger partial charge is 0.240 e. The molecular formula is C13H18N4O3. The van der Waals surface area contributed by atoms with Crippen molar-refractivity contribution in [3.8, 4) is 11.5 Å². The summed E-state index contributed by atoms with van der Waals surface area (Å²) in [7, 11) is 3.11. The number of rotatable bonds is 5. The van der Waals surface area contributed by atoms with Crippen LogP contribution in [-0.2, 0) is 11.3 Å². The summed E-state index contributed by atoms with van der Waals surface area (Å²) >= 11 is 0. The van der Waals surface area contributed by atoms with E-state index >= 15 is 0 Å². The van der Waals surface area contributed by atoms with Crippen molar-refractivity contribution in [1.29, 1.82) is 0 Å². The molecule has 0 saturated heterocycles. The monoisotopic (exact) mass is 278 g/mol. The number of amides is 1. The molecule has 7 nitrogen and oxygen atoms in total. The number of likely N-dealkylation sites (N-methyl/N-ethyl adjacent to an activating group) is 1. The summed E-state index contributed by atoms with van der Waals surface area (Å²) in [5.74, 6) is 1.30. The van der Waals surface area contributed by atoms with Gasteiger partial charge in [-0.2, -0.15) is 0 Å². The van der Waals surface area contributed by atoms with E-state index in [0.29, 0.717) is 23.6 Å². The minimum atomic E-state index is -0.117. The molecule has 1 heterocycles. The van der Waals surface area contributed by atoms with E-state index in [1.54, 1.807) is 30.9 Å². The lowest BCUT2D eigenvalue weighted by Gasteiger charge is -2.09. The summed E-state index contributed by atoms with van der Waals surface area (Å²) in [4.78, 5) is 15.9. The van der Waals surface area contributed by atoms with Gasteiger partial charge in [0.2, 0.25) is 11.9 Å². The zero-order valence-electron chi connectivity index (χ0n) is 11.8. The van der Waals surface area contributed by atoms with Crippen LogP contribution in [0.5, 0.6) is 11.5 Å². The molecule has 0 aliphatic rings. The van der Waals surface area contributed by atoms with Crippen LogP contribution in [-0.4, -0.2) is 36.2 Å². The molecule has 0 unspecified atom stereocenters. The molecule has 1 amide bonds. The number of imidazole rings is 1. The molecule has 0 spiro atoms. The van der Waals surface area contributed by atoms with Crippen LogP contribution in [0, 0.1) is 0 Å². The maximum Gasteiger partial charge on any atom is 0.240 e. The van der Waals surface area contributed by atoms with E-state index in [0.717, 1.165) is 5.52 Å². The molecule has 0 saturated carbocycles. The number of hydrogen-bond acceptors (Lipinski definition) is 5. The van der Waals surface area contributed by atoms with Gasteiger partial charge in [-0.05, 0) is 6.92 Å². The van der Waals surface area contributed by atoms with Gasteiger partial charge in [-0.3, -0.25) is 4.79 Å². The Morgan fingerprint density at radius 3 is 2.60 bits per heavy atom. The third kappa shape index (κ3) is 2.47. The van der Waals surface area contributed by atoms with Crippen LogP contribution >= 0.6 is 0 Å². The van der Waals surface area contributed by atoms with Crippen molar-refractivity contribution in [2.24, 2.45) is 0 Å². The van der Waals surface area contributed by atoms with Crippen molar-refractivity contribution < 1.29 is 14.3 Å². The highest BCUT2D eigenvalue weighted by atomic mass is 16.5. The number of fused-ring (bicyclic) bond motifs is 1. The van der Waals surface area contributed by atoms with Crippen LogP contribution in [0.1, 0.15) is 6.92 Å². The fraction of sp³-hybridized carbons (Fsp3) is 0.385. The number of carbonyl (C=O) groups excluding carboxylic acids is 1. The molecular weight excluding hydrogens is 260 g/mol. The highest BCUT2D eigenvalue weighted by Gasteiger charge is 2.15. The number of nitrogens with zero attached hydrogens (tertiary/aromatic N) is 2. The number of aromatic nitrogens is 2. The van der Waals surface area contributed by atoms with Crippen LogP contribution in [0.4, 0.5) is 5.95 Å². The number of carbonyl (C=O) groups is 1. The molecule has 108 valence electrons. The van der Waals surface area contributed by atoms with Crippen LogP contribution in [0.15, 0.2) is 12.1 Å². The summed E-state index contributed by atoms with van der Waals surface area (Å²) in [5.41, 5.74) is 7.26. The van der Waals surface area contributed by atoms with Crippen molar-refractivity contribution in [3.63, 3.8) is 0 Å². The first-order valence-electron chi connectivity index (χ1n) is 6.25. The van der Waals surface area contributed by atoms with Gasteiger partial charge < -0.3 is 25.1 Å². The fourth-order valence-corrected chi connectivity index (χ4v) is 2.03. The number of nitrogens with one attached hydrogen (secondary N) is 1. The molecule has 0 radical (unpaired) electrons. The molecule has 1 aromatic carbocycles. The third-order valence-electron chi connectivity index (χ3n) is 2.96. The Bertz CT molecular complexity index is 636. The van der Waals surface area contributed by atoms with Crippen LogP contribution in [0.3, 0.4) is 0 Å². The second-order valence-electron chi connectivity index (χ2n) is 4.21. The molecule has 0 fully saturated rings. The number of anilines is 1. The Morgan fingerprint density at radius 2 is 2.00 bits per heavy atom. The number of nitrogen functional groups attached to an aromatic ring is 1. The lowest BCUT2D eigenvalue weighted by molar-refractivity contribution is -0.121. The molecule has 7 heteroatoms. The molecule has 20 heavy (non-hydrogen) atoms. The summed E-state index contributed by atoms with van der Waals surface area (Å²) < 4.78 is 12.1. The third-order valence-corrected chi connectivity index (χ3v) is 2.96. The summed E-state index contributed by atoms with van der Waals surface area (Å²) in [6.45, 7) is 2.55. The van der Waals surface area contributed by atoms with E-state index in [4.69, 9.17) is 15.2 Å². The lowest BCUT2D eigenvalue weighted by Crippen LogP contribution is -2.27. The SMILES string of the molecule is CCNC(=O)Cn1c(N)nc2cc(OC)c(OC)cc21. The average molecular weight is 278 g/mol. The van der Waals surface area contributed by atoms with E-state index in [9.17, 15) is 4.79 Å². The zero-order valence-corrected chi connectivity index (χ0v) is 11.8. The van der Waals surface area contributed by atoms with Crippen LogP contribution in [0.2, 0.25) is 0 Å². The standard InChI is InChI=1S/C13H18N4O3/c1-4-15-12(18)7-17-9-6-11(20-3)10(19-2)5-8(9)16-13(17)14/h5-6H,4,7H2,1-3H3,(H2,14,16)(H,15,18). The summed E-state index contributed by atoms with van der Waals surface area (Å²) in [6, 6.07) is 3.50. The second kappa shape index (κ2) is 5.68. The molecule has 3 N–H and O–H groups in total. The largest absolute Gasteiger partial charge is 0.493 e. The number of ether oxygens (including phenoxy) is 2. The molecule has 0 aliphatic carbocycles. The second-order valence-corrected chi connectivity index (χ2v) is 4.21. The van der Waals surface area contributed by atoms with E-state index in [2.05, 4.69) is 10.3 Å². The quantitative estimate of drug-likeness (QED) is 0.843. The fourth-order valence-electron chi connectivity index (χ4n) is 2.03. The Balaban J connectivity index is 2.49. The number of benzene rings is 1. The zero-order chi connectivity index (χ0) is 14.7. The number of methoxy groups -OCH3 is 2. The van der Waals surface area contributed by atoms with Crippen molar-refractivity contribution in [2.75, 3.05) is 26.5 Å². The Kier molecular flexibility index (Phi) is 3.97. The van der Waals surface area contributed by atoms with E-state index in [1.807, 2.05) is 6.92 Å². The molecule has 0 bridgehead atoms. The number of nitrogens with two attached hydrogens (primary N) is 1. The van der Waals surface area contributed by atoms with Crippen molar-refractivity contribution in [3.05, 3.63) is 12.1 Å². The number of hydrogen-bond donors (Lipinski definition) is 2. The minimum absolute atomic E-state index is 0.117. The highest BCUT2D eigenvalue weighted by molar-refractivity contribution is 5.85. The van der Waals surface area contributed by atoms with Crippen molar-refractivity contribution in [1.82, 2.24) is 14.9 Å². The van der Waals surface area contributed by atoms with Crippen molar-refractivity contribution in [2.45, 2.75) is 13.5 Å². The van der Waals surface area contributed by atoms with Gasteiger partial charge in [0.25, 0.3) is 0 Å². The normalized spacial score (nSPS) is 10.6. The first-order chi connectivity index (χ1) is 9.60. The minimum Gasteiger partial charge on any atom is -0.493 e. The highest BCUT2D eigenvalue weighted by Crippen LogP contribution is 2.32. The topological polar surface area (TPSA) is 91.4 Å². The van der Waals surface area contributed by atoms with Crippen LogP contribution in [0.25, 0.3) is 11.0 Å². The predicted octanol–water partition coefficient (Wildman–Crippen LogP) is 0.772. The van der Waals surface area contributed by atoms with Gasteiger partial charge in [0, 0.05) is 18.7 Å². The Morgan fingerprint density at radius 1 is 1.35 bits per heavy atom. The maximum atomic E-state index is 11.7. The Labute approximate surface area is 116 Å². The maximum absolute atomic E-state index is 11.7. The molecule has 1 aromatic heterocycles. The average Bonchev–Trinajstić information content (AvgIpc) is 2.73. The van der Waals surface area contributed by atoms with Gasteiger partial charge in [-0.15, -0.1) is 0 Å². The summed E-state index contributed by atoms with van der Waals surface area (Å²) in [5, 5.41) is 2.73. The lowest BCUT2D eigenvalue weighted by atomic mass is 10.2. The molecule has 0 aliphatic heterocycles. The first kappa shape index (κ1) is 14.0.